The van der Waals surface area contributed by atoms with Gasteiger partial charge in [-0.05, 0) is 61.4 Å². The SMILES string of the molecule is O=C(Nc1ccc(-c2nccs2)cc1)C1CCN(C(=O)c2ccc(F)cc2)CC1. The van der Waals surface area contributed by atoms with Crippen LogP contribution in [0.4, 0.5) is 10.1 Å². The first-order valence-corrected chi connectivity index (χ1v) is 10.3. The molecule has 4 rings (SSSR count). The van der Waals surface area contributed by atoms with Gasteiger partial charge in [0, 0.05) is 47.4 Å². The van der Waals surface area contributed by atoms with Crippen LogP contribution in [0.3, 0.4) is 0 Å². The van der Waals surface area contributed by atoms with E-state index < -0.39 is 0 Å². The molecule has 2 amide bonds. The van der Waals surface area contributed by atoms with Crippen molar-refractivity contribution in [3.05, 3.63) is 71.5 Å². The standard InChI is InChI=1S/C22H20FN3O2S/c23-18-5-1-17(2-6-18)22(28)26-12-9-15(10-13-26)20(27)25-19-7-3-16(4-8-19)21-24-11-14-29-21/h1-8,11,14-15H,9-10,12-13H2,(H,25,27). The third-order valence-electron chi connectivity index (χ3n) is 5.08. The second-order valence-electron chi connectivity index (χ2n) is 6.98. The molecule has 1 aliphatic rings. The molecule has 5 nitrogen and oxygen atoms in total. The molecule has 148 valence electrons. The lowest BCUT2D eigenvalue weighted by Crippen LogP contribution is -2.41. The number of nitrogens with one attached hydrogen (secondary N) is 1. The molecule has 29 heavy (non-hydrogen) atoms. The molecular formula is C22H20FN3O2S. The normalized spacial score (nSPS) is 14.6. The van der Waals surface area contributed by atoms with Crippen molar-refractivity contribution < 1.29 is 14.0 Å². The Morgan fingerprint density at radius 3 is 2.34 bits per heavy atom. The number of aromatic nitrogens is 1. The third kappa shape index (κ3) is 4.51. The average molecular weight is 409 g/mol. The van der Waals surface area contributed by atoms with E-state index in [0.717, 1.165) is 16.3 Å². The minimum Gasteiger partial charge on any atom is -0.339 e. The number of amides is 2. The van der Waals surface area contributed by atoms with Crippen molar-refractivity contribution in [3.8, 4) is 10.6 Å². The average Bonchev–Trinajstić information content (AvgIpc) is 3.29. The van der Waals surface area contributed by atoms with Crippen molar-refractivity contribution in [2.75, 3.05) is 18.4 Å². The fourth-order valence-electron chi connectivity index (χ4n) is 3.43. The van der Waals surface area contributed by atoms with Crippen LogP contribution in [0.25, 0.3) is 10.6 Å². The Balaban J connectivity index is 1.31. The molecule has 1 aliphatic heterocycles. The van der Waals surface area contributed by atoms with Gasteiger partial charge in [0.05, 0.1) is 0 Å². The number of rotatable bonds is 4. The highest BCUT2D eigenvalue weighted by Gasteiger charge is 2.28. The minimum absolute atomic E-state index is 0.0270. The van der Waals surface area contributed by atoms with Crippen LogP contribution < -0.4 is 5.32 Å². The second kappa shape index (κ2) is 8.53. The van der Waals surface area contributed by atoms with E-state index >= 15 is 0 Å². The number of anilines is 1. The molecule has 1 saturated heterocycles. The van der Waals surface area contributed by atoms with Crippen LogP contribution in [-0.4, -0.2) is 34.8 Å². The molecule has 0 radical (unpaired) electrons. The molecule has 2 heterocycles. The summed E-state index contributed by atoms with van der Waals surface area (Å²) in [7, 11) is 0. The van der Waals surface area contributed by atoms with E-state index in [0.29, 0.717) is 31.5 Å². The van der Waals surface area contributed by atoms with Gasteiger partial charge < -0.3 is 10.2 Å². The number of hydrogen-bond acceptors (Lipinski definition) is 4. The van der Waals surface area contributed by atoms with E-state index in [1.54, 1.807) is 22.4 Å². The molecule has 3 aromatic rings. The Kier molecular flexibility index (Phi) is 5.67. The Bertz CT molecular complexity index is 980. The van der Waals surface area contributed by atoms with Gasteiger partial charge >= 0.3 is 0 Å². The summed E-state index contributed by atoms with van der Waals surface area (Å²) in [5, 5.41) is 5.84. The van der Waals surface area contributed by atoms with Crippen molar-refractivity contribution in [3.63, 3.8) is 0 Å². The highest BCUT2D eigenvalue weighted by atomic mass is 32.1. The van der Waals surface area contributed by atoms with Crippen molar-refractivity contribution >= 4 is 28.8 Å². The van der Waals surface area contributed by atoms with Crippen LogP contribution in [0.1, 0.15) is 23.2 Å². The lowest BCUT2D eigenvalue weighted by Gasteiger charge is -2.31. The molecule has 0 saturated carbocycles. The van der Waals surface area contributed by atoms with Gasteiger partial charge in [-0.2, -0.15) is 0 Å². The predicted octanol–water partition coefficient (Wildman–Crippen LogP) is 4.44. The third-order valence-corrected chi connectivity index (χ3v) is 5.90. The monoisotopic (exact) mass is 409 g/mol. The summed E-state index contributed by atoms with van der Waals surface area (Å²) >= 11 is 1.57. The summed E-state index contributed by atoms with van der Waals surface area (Å²) in [6.45, 7) is 1.02. The fourth-order valence-corrected chi connectivity index (χ4v) is 4.07. The molecule has 0 bridgehead atoms. The number of carbonyl (C=O) groups excluding carboxylic acids is 2. The number of nitrogens with zero attached hydrogens (tertiary/aromatic N) is 2. The summed E-state index contributed by atoms with van der Waals surface area (Å²) in [5.41, 5.74) is 2.24. The predicted molar refractivity (Wildman–Crippen MR) is 111 cm³/mol. The second-order valence-corrected chi connectivity index (χ2v) is 7.87. The van der Waals surface area contributed by atoms with Crippen LogP contribution in [0.5, 0.6) is 0 Å². The van der Waals surface area contributed by atoms with Crippen LogP contribution in [0.15, 0.2) is 60.1 Å². The van der Waals surface area contributed by atoms with Gasteiger partial charge in [0.1, 0.15) is 10.8 Å². The van der Waals surface area contributed by atoms with E-state index in [-0.39, 0.29) is 23.5 Å². The maximum atomic E-state index is 13.0. The number of carbonyl (C=O) groups is 2. The van der Waals surface area contributed by atoms with Gasteiger partial charge in [-0.25, -0.2) is 9.37 Å². The molecule has 1 N–H and O–H groups in total. The van der Waals surface area contributed by atoms with Gasteiger partial charge in [0.25, 0.3) is 5.91 Å². The van der Waals surface area contributed by atoms with E-state index in [1.165, 1.54) is 24.3 Å². The fraction of sp³-hybridized carbons (Fsp3) is 0.227. The van der Waals surface area contributed by atoms with Crippen LogP contribution in [0.2, 0.25) is 0 Å². The molecule has 0 atom stereocenters. The summed E-state index contributed by atoms with van der Waals surface area (Å²) < 4.78 is 13.0. The molecular weight excluding hydrogens is 389 g/mol. The zero-order valence-electron chi connectivity index (χ0n) is 15.7. The van der Waals surface area contributed by atoms with Crippen molar-refractivity contribution in [2.45, 2.75) is 12.8 Å². The zero-order valence-corrected chi connectivity index (χ0v) is 16.5. The first-order chi connectivity index (χ1) is 14.1. The summed E-state index contributed by atoms with van der Waals surface area (Å²) in [5.74, 6) is -0.648. The minimum atomic E-state index is -0.364. The first kappa shape index (κ1) is 19.3. The van der Waals surface area contributed by atoms with Gasteiger partial charge in [0.15, 0.2) is 0 Å². The lowest BCUT2D eigenvalue weighted by molar-refractivity contribution is -0.121. The summed E-state index contributed by atoms with van der Waals surface area (Å²) in [4.78, 5) is 31.1. The number of likely N-dealkylation sites (tertiary alicyclic amines) is 1. The Hall–Kier alpha value is -3.06. The molecule has 0 spiro atoms. The van der Waals surface area contributed by atoms with E-state index in [2.05, 4.69) is 10.3 Å². The van der Waals surface area contributed by atoms with Crippen molar-refractivity contribution in [1.29, 1.82) is 0 Å². The smallest absolute Gasteiger partial charge is 0.253 e. The quantitative estimate of drug-likeness (QED) is 0.693. The van der Waals surface area contributed by atoms with Gasteiger partial charge in [0.2, 0.25) is 5.91 Å². The van der Waals surface area contributed by atoms with Crippen molar-refractivity contribution in [1.82, 2.24) is 9.88 Å². The highest BCUT2D eigenvalue weighted by molar-refractivity contribution is 7.13. The molecule has 0 aliphatic carbocycles. The van der Waals surface area contributed by atoms with Gasteiger partial charge in [-0.15, -0.1) is 11.3 Å². The largest absolute Gasteiger partial charge is 0.339 e. The zero-order chi connectivity index (χ0) is 20.2. The van der Waals surface area contributed by atoms with E-state index in [1.807, 2.05) is 29.6 Å². The number of hydrogen-bond donors (Lipinski definition) is 1. The Morgan fingerprint density at radius 1 is 1.03 bits per heavy atom. The van der Waals surface area contributed by atoms with Gasteiger partial charge in [-0.1, -0.05) is 0 Å². The van der Waals surface area contributed by atoms with Crippen LogP contribution >= 0.6 is 11.3 Å². The Morgan fingerprint density at radius 2 is 1.72 bits per heavy atom. The number of piperidine rings is 1. The van der Waals surface area contributed by atoms with E-state index in [9.17, 15) is 14.0 Å². The number of thiazole rings is 1. The van der Waals surface area contributed by atoms with Gasteiger partial charge in [-0.3, -0.25) is 9.59 Å². The summed E-state index contributed by atoms with van der Waals surface area (Å²) in [6, 6.07) is 13.2. The molecule has 2 aromatic carbocycles. The molecule has 1 aromatic heterocycles. The maximum Gasteiger partial charge on any atom is 0.253 e. The molecule has 1 fully saturated rings. The van der Waals surface area contributed by atoms with E-state index in [4.69, 9.17) is 0 Å². The Labute approximate surface area is 172 Å². The topological polar surface area (TPSA) is 62.3 Å². The van der Waals surface area contributed by atoms with Crippen LogP contribution in [-0.2, 0) is 4.79 Å². The first-order valence-electron chi connectivity index (χ1n) is 9.46. The molecule has 0 unspecified atom stereocenters. The lowest BCUT2D eigenvalue weighted by atomic mass is 9.95. The highest BCUT2D eigenvalue weighted by Crippen LogP contribution is 2.25. The number of benzene rings is 2. The van der Waals surface area contributed by atoms with Crippen LogP contribution in [0, 0.1) is 11.7 Å². The molecule has 7 heteroatoms. The van der Waals surface area contributed by atoms with Crippen molar-refractivity contribution in [2.24, 2.45) is 5.92 Å². The number of halogens is 1. The maximum absolute atomic E-state index is 13.0. The summed E-state index contributed by atoms with van der Waals surface area (Å²) in [6.07, 6.45) is 2.98.